The van der Waals surface area contributed by atoms with Crippen LogP contribution in [0.25, 0.3) is 5.71 Å². The molecule has 3 heterocycles. The fourth-order valence-electron chi connectivity index (χ4n) is 1.57. The summed E-state index contributed by atoms with van der Waals surface area (Å²) in [7, 11) is 0. The molecule has 0 fully saturated rings. The molecule has 0 amide bonds. The highest BCUT2D eigenvalue weighted by Gasteiger charge is 2.18. The average Bonchev–Trinajstić information content (AvgIpc) is 2.62. The van der Waals surface area contributed by atoms with Gasteiger partial charge < -0.3 is 9.15 Å². The predicted octanol–water partition coefficient (Wildman–Crippen LogP) is 1.000. The van der Waals surface area contributed by atoms with Crippen LogP contribution in [0, 0.1) is 0 Å². The number of ether oxygens (including phenoxy) is 1. The summed E-state index contributed by atoms with van der Waals surface area (Å²) in [5.74, 6) is 0.921. The maximum Gasteiger partial charge on any atom is 0.222 e. The van der Waals surface area contributed by atoms with Crippen LogP contribution < -0.4 is 0 Å². The van der Waals surface area contributed by atoms with Crippen molar-refractivity contribution < 1.29 is 9.15 Å². The van der Waals surface area contributed by atoms with Gasteiger partial charge in [-0.1, -0.05) is 0 Å². The fraction of sp³-hybridized carbons (Fsp3) is 0.375. The molecule has 0 bridgehead atoms. The van der Waals surface area contributed by atoms with Crippen LogP contribution >= 0.6 is 0 Å². The van der Waals surface area contributed by atoms with Gasteiger partial charge in [-0.25, -0.2) is 4.52 Å². The van der Waals surface area contributed by atoms with Gasteiger partial charge in [-0.05, 0) is 0 Å². The molecule has 0 radical (unpaired) electrons. The van der Waals surface area contributed by atoms with E-state index < -0.39 is 0 Å². The Labute approximate surface area is 68.7 Å². The monoisotopic (exact) mass is 164 g/mol. The number of hydrogen-bond donors (Lipinski definition) is 0. The van der Waals surface area contributed by atoms with Crippen LogP contribution in [0.3, 0.4) is 0 Å². The molecule has 0 spiro atoms. The molecule has 4 heteroatoms. The zero-order chi connectivity index (χ0) is 7.97. The Morgan fingerprint density at radius 2 is 2.50 bits per heavy atom. The van der Waals surface area contributed by atoms with E-state index in [1.807, 2.05) is 10.6 Å². The molecule has 4 nitrogen and oxygen atoms in total. The molecule has 62 valence electrons. The molecule has 3 rings (SSSR count). The molecular weight excluding hydrogens is 156 g/mol. The molecular formula is C8H8N2O2. The third kappa shape index (κ3) is 0.674. The van der Waals surface area contributed by atoms with Crippen molar-refractivity contribution in [2.75, 3.05) is 6.61 Å². The number of hydrogen-bond acceptors (Lipinski definition) is 3. The summed E-state index contributed by atoms with van der Waals surface area (Å²) >= 11 is 0. The van der Waals surface area contributed by atoms with Crippen molar-refractivity contribution in [1.82, 2.24) is 9.61 Å². The molecule has 0 aliphatic carbocycles. The highest BCUT2D eigenvalue weighted by Crippen LogP contribution is 2.20. The molecule has 0 saturated carbocycles. The molecule has 1 aliphatic rings. The third-order valence-corrected chi connectivity index (χ3v) is 2.13. The van der Waals surface area contributed by atoms with Crippen molar-refractivity contribution in [2.45, 2.75) is 13.0 Å². The SMILES string of the molecule is c1cc2oc3c(n2n1)CCOC3. The second-order valence-corrected chi connectivity index (χ2v) is 2.86. The molecule has 0 aromatic carbocycles. The van der Waals surface area contributed by atoms with Gasteiger partial charge in [0.1, 0.15) is 6.61 Å². The first-order valence-corrected chi connectivity index (χ1v) is 3.97. The predicted molar refractivity (Wildman–Crippen MR) is 40.8 cm³/mol. The summed E-state index contributed by atoms with van der Waals surface area (Å²) < 4.78 is 12.6. The van der Waals surface area contributed by atoms with Gasteiger partial charge in [0.05, 0.1) is 18.5 Å². The Morgan fingerprint density at radius 1 is 1.50 bits per heavy atom. The van der Waals surface area contributed by atoms with Gasteiger partial charge in [0.15, 0.2) is 5.76 Å². The van der Waals surface area contributed by atoms with E-state index in [1.54, 1.807) is 6.20 Å². The average molecular weight is 164 g/mol. The van der Waals surface area contributed by atoms with Crippen molar-refractivity contribution in [2.24, 2.45) is 0 Å². The largest absolute Gasteiger partial charge is 0.439 e. The van der Waals surface area contributed by atoms with Gasteiger partial charge >= 0.3 is 0 Å². The molecule has 2 aromatic heterocycles. The third-order valence-electron chi connectivity index (χ3n) is 2.13. The second kappa shape index (κ2) is 2.10. The van der Waals surface area contributed by atoms with E-state index in [0.29, 0.717) is 6.61 Å². The van der Waals surface area contributed by atoms with E-state index in [0.717, 1.165) is 30.2 Å². The van der Waals surface area contributed by atoms with E-state index in [1.165, 1.54) is 0 Å². The first-order valence-electron chi connectivity index (χ1n) is 3.97. The quantitative estimate of drug-likeness (QED) is 0.583. The smallest absolute Gasteiger partial charge is 0.222 e. The van der Waals surface area contributed by atoms with Gasteiger partial charge in [-0.3, -0.25) is 0 Å². The van der Waals surface area contributed by atoms with Crippen molar-refractivity contribution in [3.8, 4) is 0 Å². The Morgan fingerprint density at radius 3 is 3.50 bits per heavy atom. The van der Waals surface area contributed by atoms with E-state index in [-0.39, 0.29) is 0 Å². The lowest BCUT2D eigenvalue weighted by Gasteiger charge is -2.08. The molecule has 0 unspecified atom stereocenters. The van der Waals surface area contributed by atoms with E-state index in [2.05, 4.69) is 5.10 Å². The summed E-state index contributed by atoms with van der Waals surface area (Å²) in [5.41, 5.74) is 1.96. The summed E-state index contributed by atoms with van der Waals surface area (Å²) in [6, 6.07) is 1.86. The molecule has 2 aromatic rings. The molecule has 12 heavy (non-hydrogen) atoms. The Hall–Kier alpha value is -1.29. The van der Waals surface area contributed by atoms with Crippen molar-refractivity contribution in [3.63, 3.8) is 0 Å². The number of nitrogens with zero attached hydrogens (tertiary/aromatic N) is 2. The lowest BCUT2D eigenvalue weighted by atomic mass is 10.2. The fourth-order valence-corrected chi connectivity index (χ4v) is 1.57. The van der Waals surface area contributed by atoms with E-state index in [9.17, 15) is 0 Å². The van der Waals surface area contributed by atoms with Crippen LogP contribution in [0.4, 0.5) is 0 Å². The first-order chi connectivity index (χ1) is 5.95. The number of fused-ring (bicyclic) bond motifs is 3. The second-order valence-electron chi connectivity index (χ2n) is 2.86. The molecule has 0 saturated heterocycles. The normalized spacial score (nSPS) is 16.7. The number of oxazole rings is 1. The minimum Gasteiger partial charge on any atom is -0.439 e. The number of rotatable bonds is 0. The van der Waals surface area contributed by atoms with Gasteiger partial charge in [0.25, 0.3) is 0 Å². The topological polar surface area (TPSA) is 39.7 Å². The van der Waals surface area contributed by atoms with Gasteiger partial charge in [0, 0.05) is 12.5 Å². The Bertz CT molecular complexity index is 416. The summed E-state index contributed by atoms with van der Waals surface area (Å²) in [6.07, 6.45) is 2.64. The van der Waals surface area contributed by atoms with Gasteiger partial charge in [-0.2, -0.15) is 5.10 Å². The zero-order valence-electron chi connectivity index (χ0n) is 6.49. The van der Waals surface area contributed by atoms with Gasteiger partial charge in [-0.15, -0.1) is 0 Å². The van der Waals surface area contributed by atoms with Crippen molar-refractivity contribution >= 4 is 5.71 Å². The highest BCUT2D eigenvalue weighted by atomic mass is 16.5. The standard InChI is InChI=1S/C8H8N2O2/c1-3-9-10-6-2-4-11-5-7(6)12-8(1)10/h1,3H,2,4-5H2. The van der Waals surface area contributed by atoms with Crippen LogP contribution in [-0.2, 0) is 17.8 Å². The maximum absolute atomic E-state index is 5.51. The van der Waals surface area contributed by atoms with Crippen LogP contribution in [-0.4, -0.2) is 16.2 Å². The summed E-state index contributed by atoms with van der Waals surface area (Å²) in [6.45, 7) is 1.35. The minimum absolute atomic E-state index is 0.582. The summed E-state index contributed by atoms with van der Waals surface area (Å²) in [4.78, 5) is 0. The van der Waals surface area contributed by atoms with Crippen LogP contribution in [0.1, 0.15) is 11.5 Å². The van der Waals surface area contributed by atoms with Crippen LogP contribution in [0.15, 0.2) is 16.7 Å². The highest BCUT2D eigenvalue weighted by molar-refractivity contribution is 5.36. The Balaban J connectivity index is 2.34. The van der Waals surface area contributed by atoms with Gasteiger partial charge in [0.2, 0.25) is 5.71 Å². The van der Waals surface area contributed by atoms with E-state index in [4.69, 9.17) is 9.15 Å². The molecule has 0 atom stereocenters. The lowest BCUT2D eigenvalue weighted by Crippen LogP contribution is -2.10. The lowest BCUT2D eigenvalue weighted by molar-refractivity contribution is 0.0940. The Kier molecular flexibility index (Phi) is 1.10. The summed E-state index contributed by atoms with van der Waals surface area (Å²) in [5, 5.41) is 4.16. The van der Waals surface area contributed by atoms with Crippen molar-refractivity contribution in [1.29, 1.82) is 0 Å². The minimum atomic E-state index is 0.582. The van der Waals surface area contributed by atoms with E-state index >= 15 is 0 Å². The van der Waals surface area contributed by atoms with Crippen LogP contribution in [0.5, 0.6) is 0 Å². The number of aromatic nitrogens is 2. The first kappa shape index (κ1) is 6.25. The molecule has 0 N–H and O–H groups in total. The van der Waals surface area contributed by atoms with Crippen molar-refractivity contribution in [3.05, 3.63) is 23.7 Å². The molecule has 1 aliphatic heterocycles. The maximum atomic E-state index is 5.51. The zero-order valence-corrected chi connectivity index (χ0v) is 6.49. The van der Waals surface area contributed by atoms with Crippen LogP contribution in [0.2, 0.25) is 0 Å².